The molecule has 5 nitrogen and oxygen atoms in total. The first-order chi connectivity index (χ1) is 11.1. The van der Waals surface area contributed by atoms with Crippen LogP contribution in [0.4, 0.5) is 5.13 Å². The van der Waals surface area contributed by atoms with Gasteiger partial charge < -0.3 is 10.1 Å². The van der Waals surface area contributed by atoms with Crippen LogP contribution in [0.25, 0.3) is 11.3 Å². The van der Waals surface area contributed by atoms with Crippen molar-refractivity contribution in [2.45, 2.75) is 13.0 Å². The van der Waals surface area contributed by atoms with Crippen molar-refractivity contribution in [2.75, 3.05) is 31.6 Å². The Kier molecular flexibility index (Phi) is 5.27. The number of carbonyl (C=O) groups excluding carboxylic acids is 1. The molecule has 2 heterocycles. The zero-order chi connectivity index (χ0) is 16.2. The lowest BCUT2D eigenvalue weighted by molar-refractivity contribution is -0.119. The molecule has 1 N–H and O–H groups in total. The Morgan fingerprint density at radius 1 is 1.52 bits per heavy atom. The number of hydrogen-bond donors (Lipinski definition) is 1. The lowest BCUT2D eigenvalue weighted by atomic mass is 10.2. The standard InChI is InChI=1S/C16H18ClN3O2S/c1-11-8-20(6-7-22-11)9-15(21)19-16-18-14(10-23-16)12-4-2-3-5-13(12)17/h2-5,10-11H,6-9H2,1H3,(H,18,19,21). The van der Waals surface area contributed by atoms with Gasteiger partial charge in [-0.1, -0.05) is 29.8 Å². The first-order valence-corrected chi connectivity index (χ1v) is 8.72. The second-order valence-electron chi connectivity index (χ2n) is 5.48. The van der Waals surface area contributed by atoms with Crippen LogP contribution in [-0.2, 0) is 9.53 Å². The molecule has 0 saturated carbocycles. The molecule has 1 aromatic heterocycles. The third-order valence-electron chi connectivity index (χ3n) is 3.59. The summed E-state index contributed by atoms with van der Waals surface area (Å²) in [5.74, 6) is -0.0563. The second kappa shape index (κ2) is 7.40. The largest absolute Gasteiger partial charge is 0.376 e. The zero-order valence-corrected chi connectivity index (χ0v) is 14.4. The SMILES string of the molecule is CC1CN(CC(=O)Nc2nc(-c3ccccc3Cl)cs2)CCO1. The van der Waals surface area contributed by atoms with Crippen LogP contribution in [0.15, 0.2) is 29.6 Å². The minimum atomic E-state index is -0.0563. The summed E-state index contributed by atoms with van der Waals surface area (Å²) >= 11 is 7.57. The van der Waals surface area contributed by atoms with Crippen LogP contribution in [0.3, 0.4) is 0 Å². The Balaban J connectivity index is 1.60. The van der Waals surface area contributed by atoms with Crippen LogP contribution in [0.1, 0.15) is 6.92 Å². The minimum absolute atomic E-state index is 0.0563. The molecule has 7 heteroatoms. The maximum atomic E-state index is 12.1. The second-order valence-corrected chi connectivity index (χ2v) is 6.75. The van der Waals surface area contributed by atoms with Crippen molar-refractivity contribution in [3.8, 4) is 11.3 Å². The molecule has 2 aromatic rings. The third kappa shape index (κ3) is 4.29. The van der Waals surface area contributed by atoms with E-state index in [0.717, 1.165) is 24.3 Å². The average Bonchev–Trinajstić information content (AvgIpc) is 2.95. The highest BCUT2D eigenvalue weighted by Gasteiger charge is 2.19. The number of rotatable bonds is 4. The van der Waals surface area contributed by atoms with Crippen molar-refractivity contribution in [3.05, 3.63) is 34.7 Å². The first kappa shape index (κ1) is 16.4. The van der Waals surface area contributed by atoms with Gasteiger partial charge in [0.2, 0.25) is 5.91 Å². The number of halogens is 1. The zero-order valence-electron chi connectivity index (χ0n) is 12.8. The van der Waals surface area contributed by atoms with E-state index in [1.165, 1.54) is 11.3 Å². The van der Waals surface area contributed by atoms with E-state index >= 15 is 0 Å². The fourth-order valence-electron chi connectivity index (χ4n) is 2.52. The monoisotopic (exact) mass is 351 g/mol. The Labute approximate surface area is 144 Å². The van der Waals surface area contributed by atoms with E-state index in [9.17, 15) is 4.79 Å². The molecule has 1 saturated heterocycles. The Morgan fingerprint density at radius 3 is 3.13 bits per heavy atom. The van der Waals surface area contributed by atoms with Gasteiger partial charge >= 0.3 is 0 Å². The molecular formula is C16H18ClN3O2S. The number of anilines is 1. The molecule has 0 aliphatic carbocycles. The maximum absolute atomic E-state index is 12.1. The predicted molar refractivity (Wildman–Crippen MR) is 93.0 cm³/mol. The van der Waals surface area contributed by atoms with Gasteiger partial charge in [-0.3, -0.25) is 9.69 Å². The highest BCUT2D eigenvalue weighted by Crippen LogP contribution is 2.30. The van der Waals surface area contributed by atoms with Gasteiger partial charge in [-0.05, 0) is 13.0 Å². The number of morpholine rings is 1. The molecule has 1 unspecified atom stereocenters. The van der Waals surface area contributed by atoms with E-state index < -0.39 is 0 Å². The normalized spacial score (nSPS) is 18.8. The number of amides is 1. The lowest BCUT2D eigenvalue weighted by Crippen LogP contribution is -2.44. The van der Waals surface area contributed by atoms with Crippen molar-refractivity contribution < 1.29 is 9.53 Å². The number of ether oxygens (including phenoxy) is 1. The van der Waals surface area contributed by atoms with Crippen LogP contribution in [0.5, 0.6) is 0 Å². The van der Waals surface area contributed by atoms with Crippen LogP contribution in [0, 0.1) is 0 Å². The quantitative estimate of drug-likeness (QED) is 0.919. The van der Waals surface area contributed by atoms with Crippen molar-refractivity contribution in [3.63, 3.8) is 0 Å². The minimum Gasteiger partial charge on any atom is -0.376 e. The number of thiazole rings is 1. The molecule has 1 aliphatic heterocycles. The van der Waals surface area contributed by atoms with Gasteiger partial charge in [-0.15, -0.1) is 11.3 Å². The van der Waals surface area contributed by atoms with Crippen LogP contribution in [-0.4, -0.2) is 48.1 Å². The van der Waals surface area contributed by atoms with E-state index in [0.29, 0.717) is 23.3 Å². The summed E-state index contributed by atoms with van der Waals surface area (Å²) in [5.41, 5.74) is 1.64. The topological polar surface area (TPSA) is 54.5 Å². The molecule has 0 bridgehead atoms. The summed E-state index contributed by atoms with van der Waals surface area (Å²) in [4.78, 5) is 18.7. The number of nitrogens with zero attached hydrogens (tertiary/aromatic N) is 2. The molecule has 1 aromatic carbocycles. The van der Waals surface area contributed by atoms with E-state index in [1.54, 1.807) is 0 Å². The Bertz CT molecular complexity index is 691. The average molecular weight is 352 g/mol. The van der Waals surface area contributed by atoms with E-state index in [1.807, 2.05) is 36.6 Å². The van der Waals surface area contributed by atoms with Gasteiger partial charge in [0.1, 0.15) is 0 Å². The summed E-state index contributed by atoms with van der Waals surface area (Å²) in [7, 11) is 0. The molecule has 0 spiro atoms. The molecule has 1 aliphatic rings. The molecule has 122 valence electrons. The van der Waals surface area contributed by atoms with Crippen LogP contribution < -0.4 is 5.32 Å². The number of aromatic nitrogens is 1. The number of benzene rings is 1. The number of carbonyl (C=O) groups is 1. The fourth-order valence-corrected chi connectivity index (χ4v) is 3.48. The van der Waals surface area contributed by atoms with Crippen molar-refractivity contribution in [1.82, 2.24) is 9.88 Å². The van der Waals surface area contributed by atoms with Gasteiger partial charge in [0.15, 0.2) is 5.13 Å². The van der Waals surface area contributed by atoms with Gasteiger partial charge in [0.05, 0.1) is 24.9 Å². The molecular weight excluding hydrogens is 334 g/mol. The molecule has 0 radical (unpaired) electrons. The molecule has 23 heavy (non-hydrogen) atoms. The first-order valence-electron chi connectivity index (χ1n) is 7.46. The van der Waals surface area contributed by atoms with Crippen molar-refractivity contribution >= 4 is 34.0 Å². The van der Waals surface area contributed by atoms with Gasteiger partial charge in [0.25, 0.3) is 0 Å². The van der Waals surface area contributed by atoms with Crippen molar-refractivity contribution in [1.29, 1.82) is 0 Å². The number of hydrogen-bond acceptors (Lipinski definition) is 5. The predicted octanol–water partition coefficient (Wildman–Crippen LogP) is 3.12. The smallest absolute Gasteiger partial charge is 0.240 e. The fraction of sp³-hybridized carbons (Fsp3) is 0.375. The van der Waals surface area contributed by atoms with Gasteiger partial charge in [0, 0.05) is 29.1 Å². The highest BCUT2D eigenvalue weighted by atomic mass is 35.5. The summed E-state index contributed by atoms with van der Waals surface area (Å²) in [6.07, 6.45) is 0.170. The number of nitrogens with one attached hydrogen (secondary N) is 1. The molecule has 3 rings (SSSR count). The summed E-state index contributed by atoms with van der Waals surface area (Å²) in [6.45, 7) is 4.59. The third-order valence-corrected chi connectivity index (χ3v) is 4.68. The summed E-state index contributed by atoms with van der Waals surface area (Å²) < 4.78 is 5.48. The van der Waals surface area contributed by atoms with Gasteiger partial charge in [-0.2, -0.15) is 0 Å². The van der Waals surface area contributed by atoms with Crippen LogP contribution >= 0.6 is 22.9 Å². The highest BCUT2D eigenvalue weighted by molar-refractivity contribution is 7.14. The molecule has 1 amide bonds. The summed E-state index contributed by atoms with van der Waals surface area (Å²) in [5, 5.41) is 5.99. The summed E-state index contributed by atoms with van der Waals surface area (Å²) in [6, 6.07) is 7.54. The maximum Gasteiger partial charge on any atom is 0.240 e. The Hall–Kier alpha value is -1.47. The van der Waals surface area contributed by atoms with E-state index in [4.69, 9.17) is 16.3 Å². The molecule has 1 fully saturated rings. The van der Waals surface area contributed by atoms with E-state index in [2.05, 4.69) is 15.2 Å². The molecule has 1 atom stereocenters. The van der Waals surface area contributed by atoms with Gasteiger partial charge in [-0.25, -0.2) is 4.98 Å². The van der Waals surface area contributed by atoms with E-state index in [-0.39, 0.29) is 12.0 Å². The Morgan fingerprint density at radius 2 is 2.35 bits per heavy atom. The van der Waals surface area contributed by atoms with Crippen LogP contribution in [0.2, 0.25) is 5.02 Å². The van der Waals surface area contributed by atoms with Crippen molar-refractivity contribution in [2.24, 2.45) is 0 Å². The lowest BCUT2D eigenvalue weighted by Gasteiger charge is -2.30.